The Morgan fingerprint density at radius 2 is 2.00 bits per heavy atom. The largest absolute Gasteiger partial charge is 0.399 e. The average molecular weight is 273 g/mol. The van der Waals surface area contributed by atoms with Crippen molar-refractivity contribution >= 4 is 22.4 Å². The van der Waals surface area contributed by atoms with E-state index in [1.807, 2.05) is 18.2 Å². The van der Waals surface area contributed by atoms with E-state index in [2.05, 4.69) is 41.0 Å². The van der Waals surface area contributed by atoms with Gasteiger partial charge in [0.05, 0.1) is 5.52 Å². The molecule has 2 aromatic rings. The highest BCUT2D eigenvalue weighted by molar-refractivity contribution is 5.91. The van der Waals surface area contributed by atoms with Crippen LogP contribution in [0.15, 0.2) is 24.5 Å². The molecule has 0 bridgehead atoms. The molecule has 1 aromatic carbocycles. The molecule has 0 spiro atoms. The zero-order valence-corrected chi connectivity index (χ0v) is 12.4. The van der Waals surface area contributed by atoms with Crippen molar-refractivity contribution in [2.75, 3.05) is 30.7 Å². The van der Waals surface area contributed by atoms with Gasteiger partial charge in [0, 0.05) is 23.7 Å². The van der Waals surface area contributed by atoms with E-state index in [-0.39, 0.29) is 0 Å². The van der Waals surface area contributed by atoms with Crippen LogP contribution in [0.5, 0.6) is 0 Å². The number of anilines is 2. The van der Waals surface area contributed by atoms with Gasteiger partial charge in [0.25, 0.3) is 0 Å². The molecule has 1 heterocycles. The summed E-state index contributed by atoms with van der Waals surface area (Å²) < 4.78 is 0. The minimum atomic E-state index is 0.314. The first-order valence-electron chi connectivity index (χ1n) is 7.13. The molecule has 0 saturated heterocycles. The van der Waals surface area contributed by atoms with Crippen LogP contribution in [0.2, 0.25) is 0 Å². The number of benzene rings is 1. The number of fused-ring (bicyclic) bond motifs is 1. The Bertz CT molecular complexity index is 565. The molecule has 0 aliphatic carbocycles. The van der Waals surface area contributed by atoms with Crippen LogP contribution in [0, 0.1) is 0 Å². The highest BCUT2D eigenvalue weighted by Crippen LogP contribution is 2.22. The molecule has 0 amide bonds. The number of nitrogens with two attached hydrogens (primary N) is 1. The first-order valence-corrected chi connectivity index (χ1v) is 7.13. The summed E-state index contributed by atoms with van der Waals surface area (Å²) >= 11 is 0. The van der Waals surface area contributed by atoms with E-state index in [1.165, 1.54) is 0 Å². The second-order valence-electron chi connectivity index (χ2n) is 5.03. The number of nitrogen functional groups attached to an aromatic ring is 1. The standard InChI is InChI=1S/C15H23N5/c1-4-20(5-2)9-11(3)19-15-13-8-12(16)6-7-14(13)17-10-18-15/h6-8,10-11H,4-5,9,16H2,1-3H3,(H,17,18,19). The molecule has 2 rings (SSSR count). The summed E-state index contributed by atoms with van der Waals surface area (Å²) in [7, 11) is 0. The maximum absolute atomic E-state index is 5.86. The maximum Gasteiger partial charge on any atom is 0.137 e. The quantitative estimate of drug-likeness (QED) is 0.791. The number of nitrogens with one attached hydrogen (secondary N) is 1. The summed E-state index contributed by atoms with van der Waals surface area (Å²) in [6.45, 7) is 9.62. The predicted molar refractivity (Wildman–Crippen MR) is 84.8 cm³/mol. The van der Waals surface area contributed by atoms with E-state index in [0.29, 0.717) is 6.04 Å². The van der Waals surface area contributed by atoms with Crippen molar-refractivity contribution in [3.05, 3.63) is 24.5 Å². The molecule has 0 aliphatic heterocycles. The van der Waals surface area contributed by atoms with Crippen LogP contribution in [0.4, 0.5) is 11.5 Å². The molecule has 0 saturated carbocycles. The second kappa shape index (κ2) is 6.52. The summed E-state index contributed by atoms with van der Waals surface area (Å²) in [5.74, 6) is 0.849. The van der Waals surface area contributed by atoms with Crippen LogP contribution in [0.25, 0.3) is 10.9 Å². The van der Waals surface area contributed by atoms with Gasteiger partial charge in [0.1, 0.15) is 12.1 Å². The molecular formula is C15H23N5. The highest BCUT2D eigenvalue weighted by atomic mass is 15.1. The van der Waals surface area contributed by atoms with Gasteiger partial charge in [-0.3, -0.25) is 0 Å². The summed E-state index contributed by atoms with van der Waals surface area (Å²) in [6.07, 6.45) is 1.59. The Kier molecular flexibility index (Phi) is 4.74. The van der Waals surface area contributed by atoms with Gasteiger partial charge in [-0.25, -0.2) is 9.97 Å². The molecule has 108 valence electrons. The molecule has 0 radical (unpaired) electrons. The van der Waals surface area contributed by atoms with Gasteiger partial charge >= 0.3 is 0 Å². The lowest BCUT2D eigenvalue weighted by Crippen LogP contribution is -2.35. The van der Waals surface area contributed by atoms with Crippen molar-refractivity contribution in [2.45, 2.75) is 26.8 Å². The number of hydrogen-bond donors (Lipinski definition) is 2. The van der Waals surface area contributed by atoms with E-state index in [0.717, 1.165) is 42.0 Å². The average Bonchev–Trinajstić information content (AvgIpc) is 2.45. The minimum Gasteiger partial charge on any atom is -0.399 e. The third-order valence-corrected chi connectivity index (χ3v) is 3.47. The monoisotopic (exact) mass is 273 g/mol. The molecule has 1 atom stereocenters. The summed E-state index contributed by atoms with van der Waals surface area (Å²) in [4.78, 5) is 11.0. The van der Waals surface area contributed by atoms with E-state index < -0.39 is 0 Å². The number of aromatic nitrogens is 2. The number of rotatable bonds is 6. The fraction of sp³-hybridized carbons (Fsp3) is 0.467. The van der Waals surface area contributed by atoms with E-state index in [4.69, 9.17) is 5.73 Å². The third kappa shape index (κ3) is 3.36. The van der Waals surface area contributed by atoms with E-state index in [9.17, 15) is 0 Å². The van der Waals surface area contributed by atoms with Gasteiger partial charge in [0.2, 0.25) is 0 Å². The van der Waals surface area contributed by atoms with Crippen LogP contribution in [0.1, 0.15) is 20.8 Å². The normalized spacial score (nSPS) is 12.8. The second-order valence-corrected chi connectivity index (χ2v) is 5.03. The van der Waals surface area contributed by atoms with Gasteiger partial charge in [-0.15, -0.1) is 0 Å². The first-order chi connectivity index (χ1) is 9.63. The molecule has 20 heavy (non-hydrogen) atoms. The van der Waals surface area contributed by atoms with Crippen molar-refractivity contribution in [3.63, 3.8) is 0 Å². The zero-order valence-electron chi connectivity index (χ0n) is 12.4. The topological polar surface area (TPSA) is 67.1 Å². The molecule has 1 unspecified atom stereocenters. The Morgan fingerprint density at radius 1 is 1.25 bits per heavy atom. The maximum atomic E-state index is 5.86. The molecule has 3 N–H and O–H groups in total. The van der Waals surface area contributed by atoms with Crippen molar-refractivity contribution in [2.24, 2.45) is 0 Å². The van der Waals surface area contributed by atoms with Crippen molar-refractivity contribution in [1.29, 1.82) is 0 Å². The molecule has 5 nitrogen and oxygen atoms in total. The van der Waals surface area contributed by atoms with Crippen LogP contribution >= 0.6 is 0 Å². The summed E-state index contributed by atoms with van der Waals surface area (Å²) in [5, 5.41) is 4.43. The SMILES string of the molecule is CCN(CC)CC(C)Nc1ncnc2ccc(N)cc12. The fourth-order valence-corrected chi connectivity index (χ4v) is 2.34. The lowest BCUT2D eigenvalue weighted by molar-refractivity contribution is 0.294. The van der Waals surface area contributed by atoms with Crippen molar-refractivity contribution in [1.82, 2.24) is 14.9 Å². The first kappa shape index (κ1) is 14.5. The lowest BCUT2D eigenvalue weighted by atomic mass is 10.2. The Balaban J connectivity index is 2.18. The van der Waals surface area contributed by atoms with Gasteiger partial charge in [-0.2, -0.15) is 0 Å². The number of likely N-dealkylation sites (N-methyl/N-ethyl adjacent to an activating group) is 1. The smallest absolute Gasteiger partial charge is 0.137 e. The number of nitrogens with zero attached hydrogens (tertiary/aromatic N) is 3. The summed E-state index contributed by atoms with van der Waals surface area (Å²) in [5.41, 5.74) is 7.49. The van der Waals surface area contributed by atoms with E-state index in [1.54, 1.807) is 6.33 Å². The van der Waals surface area contributed by atoms with Gasteiger partial charge in [0.15, 0.2) is 0 Å². The summed E-state index contributed by atoms with van der Waals surface area (Å²) in [6, 6.07) is 6.02. The Morgan fingerprint density at radius 3 is 2.70 bits per heavy atom. The highest BCUT2D eigenvalue weighted by Gasteiger charge is 2.10. The Labute approximate surface area is 120 Å². The third-order valence-electron chi connectivity index (χ3n) is 3.47. The van der Waals surface area contributed by atoms with Crippen LogP contribution < -0.4 is 11.1 Å². The number of hydrogen-bond acceptors (Lipinski definition) is 5. The molecule has 0 fully saturated rings. The zero-order chi connectivity index (χ0) is 14.5. The lowest BCUT2D eigenvalue weighted by Gasteiger charge is -2.24. The molecular weight excluding hydrogens is 250 g/mol. The van der Waals surface area contributed by atoms with Crippen LogP contribution in [0.3, 0.4) is 0 Å². The van der Waals surface area contributed by atoms with E-state index >= 15 is 0 Å². The molecule has 1 aromatic heterocycles. The fourth-order valence-electron chi connectivity index (χ4n) is 2.34. The van der Waals surface area contributed by atoms with Crippen LogP contribution in [-0.2, 0) is 0 Å². The predicted octanol–water partition coefficient (Wildman–Crippen LogP) is 2.35. The Hall–Kier alpha value is -1.88. The molecule has 0 aliphatic rings. The molecule has 5 heteroatoms. The van der Waals surface area contributed by atoms with Gasteiger partial charge in [-0.05, 0) is 38.2 Å². The van der Waals surface area contributed by atoms with Crippen LogP contribution in [-0.4, -0.2) is 40.5 Å². The van der Waals surface area contributed by atoms with Crippen molar-refractivity contribution < 1.29 is 0 Å². The minimum absolute atomic E-state index is 0.314. The van der Waals surface area contributed by atoms with Gasteiger partial charge in [-0.1, -0.05) is 13.8 Å². The van der Waals surface area contributed by atoms with Gasteiger partial charge < -0.3 is 16.0 Å². The van der Waals surface area contributed by atoms with Crippen molar-refractivity contribution in [3.8, 4) is 0 Å².